The van der Waals surface area contributed by atoms with Crippen LogP contribution < -0.4 is 5.73 Å². The molecule has 1 aromatic carbocycles. The van der Waals surface area contributed by atoms with E-state index in [1.165, 1.54) is 0 Å². The second-order valence-electron chi connectivity index (χ2n) is 3.83. The minimum atomic E-state index is -0.00106. The first kappa shape index (κ1) is 11.1. The lowest BCUT2D eigenvalue weighted by Crippen LogP contribution is -2.34. The number of benzene rings is 1. The zero-order chi connectivity index (χ0) is 11.5. The first-order valence-electron chi connectivity index (χ1n) is 5.38. The number of rotatable bonds is 4. The molecule has 0 saturated carbocycles. The quantitative estimate of drug-likeness (QED) is 0.816. The van der Waals surface area contributed by atoms with Gasteiger partial charge >= 0.3 is 0 Å². The molecule has 1 atom stereocenters. The smallest absolute Gasteiger partial charge is 0.254 e. The van der Waals surface area contributed by atoms with Crippen molar-refractivity contribution in [2.75, 3.05) is 26.8 Å². The highest BCUT2D eigenvalue weighted by Crippen LogP contribution is 2.32. The maximum Gasteiger partial charge on any atom is 0.254 e. The molecule has 0 aliphatic carbocycles. The molecule has 4 nitrogen and oxygen atoms in total. The number of hydrogen-bond acceptors (Lipinski definition) is 3. The Kier molecular flexibility index (Phi) is 3.22. The number of methoxy groups -OCH3 is 1. The van der Waals surface area contributed by atoms with Crippen molar-refractivity contribution in [2.45, 2.75) is 6.04 Å². The van der Waals surface area contributed by atoms with Crippen LogP contribution in [0.2, 0.25) is 0 Å². The van der Waals surface area contributed by atoms with Gasteiger partial charge in [0.05, 0.1) is 12.6 Å². The zero-order valence-electron chi connectivity index (χ0n) is 9.35. The molecular weight excluding hydrogens is 204 g/mol. The molecule has 0 unspecified atom stereocenters. The van der Waals surface area contributed by atoms with Crippen LogP contribution in [0.3, 0.4) is 0 Å². The van der Waals surface area contributed by atoms with Crippen LogP contribution in [0, 0.1) is 0 Å². The molecule has 0 saturated heterocycles. The van der Waals surface area contributed by atoms with Gasteiger partial charge in [0, 0.05) is 25.8 Å². The third kappa shape index (κ3) is 1.70. The summed E-state index contributed by atoms with van der Waals surface area (Å²) in [4.78, 5) is 13.9. The molecule has 1 aromatic rings. The molecule has 0 spiro atoms. The first-order chi connectivity index (χ1) is 7.79. The third-order valence-corrected chi connectivity index (χ3v) is 2.95. The van der Waals surface area contributed by atoms with Crippen LogP contribution in [-0.2, 0) is 4.74 Å². The van der Waals surface area contributed by atoms with Crippen molar-refractivity contribution in [2.24, 2.45) is 5.73 Å². The lowest BCUT2D eigenvalue weighted by molar-refractivity contribution is 0.0659. The number of fused-ring (bicyclic) bond motifs is 1. The molecule has 1 amide bonds. The van der Waals surface area contributed by atoms with Crippen molar-refractivity contribution in [3.8, 4) is 0 Å². The third-order valence-electron chi connectivity index (χ3n) is 2.95. The van der Waals surface area contributed by atoms with Crippen molar-refractivity contribution in [3.63, 3.8) is 0 Å². The van der Waals surface area contributed by atoms with Crippen LogP contribution in [0.25, 0.3) is 0 Å². The van der Waals surface area contributed by atoms with Crippen molar-refractivity contribution in [3.05, 3.63) is 35.4 Å². The van der Waals surface area contributed by atoms with Crippen molar-refractivity contribution in [1.29, 1.82) is 0 Å². The lowest BCUT2D eigenvalue weighted by atomic mass is 10.1. The van der Waals surface area contributed by atoms with E-state index in [1.807, 2.05) is 24.3 Å². The van der Waals surface area contributed by atoms with Gasteiger partial charge < -0.3 is 15.4 Å². The van der Waals surface area contributed by atoms with Gasteiger partial charge in [0.2, 0.25) is 0 Å². The van der Waals surface area contributed by atoms with Gasteiger partial charge in [-0.25, -0.2) is 0 Å². The molecule has 2 rings (SSSR count). The van der Waals surface area contributed by atoms with Crippen molar-refractivity contribution >= 4 is 5.91 Å². The standard InChI is InChI=1S/C12H16N2O2/c1-16-7-6-14-11(8-13)9-4-2-3-5-10(9)12(14)15/h2-5,11H,6-8,13H2,1H3/t11-/m1/s1. The van der Waals surface area contributed by atoms with E-state index in [-0.39, 0.29) is 11.9 Å². The highest BCUT2D eigenvalue weighted by atomic mass is 16.5. The van der Waals surface area contributed by atoms with E-state index >= 15 is 0 Å². The molecule has 1 aliphatic heterocycles. The van der Waals surface area contributed by atoms with Crippen LogP contribution in [0.15, 0.2) is 24.3 Å². The zero-order valence-corrected chi connectivity index (χ0v) is 9.35. The van der Waals surface area contributed by atoms with Gasteiger partial charge in [-0.15, -0.1) is 0 Å². The van der Waals surface area contributed by atoms with Crippen molar-refractivity contribution in [1.82, 2.24) is 4.90 Å². The van der Waals surface area contributed by atoms with Gasteiger partial charge in [0.15, 0.2) is 0 Å². The highest BCUT2D eigenvalue weighted by molar-refractivity contribution is 5.99. The van der Waals surface area contributed by atoms with E-state index in [0.717, 1.165) is 11.1 Å². The van der Waals surface area contributed by atoms with Gasteiger partial charge in [-0.2, -0.15) is 0 Å². The summed E-state index contributed by atoms with van der Waals surface area (Å²) in [6, 6.07) is 7.64. The Labute approximate surface area is 95.0 Å². The fourth-order valence-electron chi connectivity index (χ4n) is 2.15. The molecule has 2 N–H and O–H groups in total. The molecule has 0 bridgehead atoms. The Morgan fingerprint density at radius 2 is 2.19 bits per heavy atom. The topological polar surface area (TPSA) is 55.6 Å². The summed E-state index contributed by atoms with van der Waals surface area (Å²) >= 11 is 0. The fraction of sp³-hybridized carbons (Fsp3) is 0.417. The van der Waals surface area contributed by atoms with Gasteiger partial charge in [-0.3, -0.25) is 4.79 Å². The number of hydrogen-bond donors (Lipinski definition) is 1. The minimum Gasteiger partial charge on any atom is -0.383 e. The molecular formula is C12H16N2O2. The van der Waals surface area contributed by atoms with E-state index in [0.29, 0.717) is 19.7 Å². The molecule has 16 heavy (non-hydrogen) atoms. The van der Waals surface area contributed by atoms with Crippen LogP contribution in [-0.4, -0.2) is 37.6 Å². The Morgan fingerprint density at radius 3 is 2.88 bits per heavy atom. The second kappa shape index (κ2) is 4.63. The SMILES string of the molecule is COCCN1C(=O)c2ccccc2[C@H]1CN. The number of amides is 1. The molecule has 0 aromatic heterocycles. The van der Waals surface area contributed by atoms with Gasteiger partial charge in [0.25, 0.3) is 5.91 Å². The summed E-state index contributed by atoms with van der Waals surface area (Å²) in [5, 5.41) is 0. The maximum atomic E-state index is 12.1. The summed E-state index contributed by atoms with van der Waals surface area (Å²) in [7, 11) is 1.63. The summed E-state index contributed by atoms with van der Waals surface area (Å²) in [5.41, 5.74) is 7.54. The maximum absolute atomic E-state index is 12.1. The fourth-order valence-corrected chi connectivity index (χ4v) is 2.15. The summed E-state index contributed by atoms with van der Waals surface area (Å²) in [6.07, 6.45) is 0. The Bertz CT molecular complexity index is 392. The molecule has 0 fully saturated rings. The average Bonchev–Trinajstić information content (AvgIpc) is 2.60. The normalized spacial score (nSPS) is 19.0. The molecule has 4 heteroatoms. The van der Waals surface area contributed by atoms with E-state index in [9.17, 15) is 4.79 Å². The number of ether oxygens (including phenoxy) is 1. The largest absolute Gasteiger partial charge is 0.383 e. The number of carbonyl (C=O) groups is 1. The summed E-state index contributed by atoms with van der Waals surface area (Å²) < 4.78 is 5.01. The number of nitrogens with zero attached hydrogens (tertiary/aromatic N) is 1. The van der Waals surface area contributed by atoms with Crippen LogP contribution in [0.5, 0.6) is 0 Å². The highest BCUT2D eigenvalue weighted by Gasteiger charge is 2.34. The Morgan fingerprint density at radius 1 is 1.44 bits per heavy atom. The monoisotopic (exact) mass is 220 g/mol. The average molecular weight is 220 g/mol. The number of carbonyl (C=O) groups excluding carboxylic acids is 1. The van der Waals surface area contributed by atoms with E-state index in [1.54, 1.807) is 12.0 Å². The summed E-state index contributed by atoms with van der Waals surface area (Å²) in [6.45, 7) is 1.58. The van der Waals surface area contributed by atoms with Gasteiger partial charge in [-0.05, 0) is 11.6 Å². The predicted octanol–water partition coefficient (Wildman–Crippen LogP) is 0.789. The minimum absolute atomic E-state index is 0.00106. The van der Waals surface area contributed by atoms with Crippen LogP contribution in [0.4, 0.5) is 0 Å². The lowest BCUT2D eigenvalue weighted by Gasteiger charge is -2.23. The second-order valence-corrected chi connectivity index (χ2v) is 3.83. The van der Waals surface area contributed by atoms with E-state index in [2.05, 4.69) is 0 Å². The Hall–Kier alpha value is -1.39. The van der Waals surface area contributed by atoms with Crippen molar-refractivity contribution < 1.29 is 9.53 Å². The molecule has 86 valence electrons. The Balaban J connectivity index is 2.28. The van der Waals surface area contributed by atoms with E-state index in [4.69, 9.17) is 10.5 Å². The predicted molar refractivity (Wildman–Crippen MR) is 61.1 cm³/mol. The van der Waals surface area contributed by atoms with Crippen LogP contribution >= 0.6 is 0 Å². The van der Waals surface area contributed by atoms with Gasteiger partial charge in [0.1, 0.15) is 0 Å². The molecule has 0 radical (unpaired) electrons. The summed E-state index contributed by atoms with van der Waals surface area (Å²) in [5.74, 6) is 0.0584. The number of nitrogens with two attached hydrogens (primary N) is 1. The molecule has 1 aliphatic rings. The van der Waals surface area contributed by atoms with Crippen LogP contribution in [0.1, 0.15) is 22.0 Å². The van der Waals surface area contributed by atoms with Gasteiger partial charge in [-0.1, -0.05) is 18.2 Å². The van der Waals surface area contributed by atoms with E-state index < -0.39 is 0 Å². The first-order valence-corrected chi connectivity index (χ1v) is 5.38. The molecule has 1 heterocycles.